The summed E-state index contributed by atoms with van der Waals surface area (Å²) in [5, 5.41) is 0. The van der Waals surface area contributed by atoms with Crippen LogP contribution in [-0.4, -0.2) is 31.3 Å². The summed E-state index contributed by atoms with van der Waals surface area (Å²) in [7, 11) is 0. The molecule has 7 heteroatoms. The molecule has 7 nitrogen and oxygen atoms in total. The van der Waals surface area contributed by atoms with Gasteiger partial charge in [0.05, 0.1) is 18.6 Å². The van der Waals surface area contributed by atoms with Crippen LogP contribution in [0.5, 0.6) is 5.75 Å². The van der Waals surface area contributed by atoms with Crippen molar-refractivity contribution in [3.05, 3.63) is 59.7 Å². The molecule has 1 atom stereocenters. The van der Waals surface area contributed by atoms with Crippen LogP contribution in [0.2, 0.25) is 0 Å². The summed E-state index contributed by atoms with van der Waals surface area (Å²) < 4.78 is 16.7. The molecule has 0 aromatic heterocycles. The molecular weight excluding hydrogens is 444 g/mol. The number of nitrogen functional groups attached to an aromatic ring is 2. The van der Waals surface area contributed by atoms with Gasteiger partial charge in [0.2, 0.25) is 0 Å². The average molecular weight is 481 g/mol. The molecule has 0 radical (unpaired) electrons. The Morgan fingerprint density at radius 3 is 2.31 bits per heavy atom. The van der Waals surface area contributed by atoms with E-state index in [1.807, 2.05) is 19.1 Å². The highest BCUT2D eigenvalue weighted by Crippen LogP contribution is 2.28. The van der Waals surface area contributed by atoms with E-state index in [-0.39, 0.29) is 30.5 Å². The number of hydrogen-bond acceptors (Lipinski definition) is 7. The highest BCUT2D eigenvalue weighted by molar-refractivity contribution is 5.87. The monoisotopic (exact) mass is 480 g/mol. The maximum Gasteiger partial charge on any atom is 0.330 e. The number of carbonyl (C=O) groups excluding carboxylic acids is 2. The van der Waals surface area contributed by atoms with Crippen molar-refractivity contribution < 1.29 is 23.8 Å². The van der Waals surface area contributed by atoms with Gasteiger partial charge in [0.25, 0.3) is 0 Å². The molecule has 0 spiro atoms. The SMILES string of the molecule is CCCOC1CCC(C(=O)Oc2ccc(/C=C/C(=O)OCC(C)c3cc(N)cc(N)c3)cc2)CC1. The summed E-state index contributed by atoms with van der Waals surface area (Å²) in [5.41, 5.74) is 14.5. The normalized spacial score (nSPS) is 18.8. The quantitative estimate of drug-likeness (QED) is 0.210. The lowest BCUT2D eigenvalue weighted by Gasteiger charge is -2.27. The molecule has 0 heterocycles. The minimum Gasteiger partial charge on any atom is -0.462 e. The third kappa shape index (κ3) is 8.44. The molecule has 1 unspecified atom stereocenters. The summed E-state index contributed by atoms with van der Waals surface area (Å²) in [5.74, 6) is -0.262. The van der Waals surface area contributed by atoms with Crippen molar-refractivity contribution in [2.45, 2.75) is 58.0 Å². The molecular formula is C28H36N2O5. The predicted octanol–water partition coefficient (Wildman–Crippen LogP) is 5.10. The van der Waals surface area contributed by atoms with Gasteiger partial charge < -0.3 is 25.7 Å². The number of carbonyl (C=O) groups is 2. The number of hydrogen-bond donors (Lipinski definition) is 2. The van der Waals surface area contributed by atoms with Crippen molar-refractivity contribution in [2.24, 2.45) is 5.92 Å². The van der Waals surface area contributed by atoms with E-state index in [1.54, 1.807) is 36.4 Å². The minimum absolute atomic E-state index is 0.0361. The number of benzene rings is 2. The van der Waals surface area contributed by atoms with Crippen LogP contribution < -0.4 is 16.2 Å². The first kappa shape index (κ1) is 26.3. The van der Waals surface area contributed by atoms with Crippen LogP contribution in [0.25, 0.3) is 6.08 Å². The number of ether oxygens (including phenoxy) is 3. The van der Waals surface area contributed by atoms with Gasteiger partial charge in [-0.05, 0) is 79.6 Å². The third-order valence-electron chi connectivity index (χ3n) is 6.12. The topological polar surface area (TPSA) is 114 Å². The fourth-order valence-electron chi connectivity index (χ4n) is 4.10. The molecule has 188 valence electrons. The number of esters is 2. The van der Waals surface area contributed by atoms with Crippen molar-refractivity contribution in [1.82, 2.24) is 0 Å². The minimum atomic E-state index is -0.442. The number of anilines is 2. The van der Waals surface area contributed by atoms with E-state index in [1.165, 1.54) is 6.08 Å². The highest BCUT2D eigenvalue weighted by atomic mass is 16.5. The standard InChI is InChI=1S/C28H36N2O5/c1-3-14-33-25-11-7-21(8-12-25)28(32)35-26-9-4-20(5-10-26)6-13-27(31)34-18-19(2)22-15-23(29)17-24(30)16-22/h4-6,9-10,13,15-17,19,21,25H,3,7-8,11-12,14,18,29-30H2,1-2H3/b13-6+. The molecule has 1 saturated carbocycles. The summed E-state index contributed by atoms with van der Waals surface area (Å²) in [4.78, 5) is 24.6. The molecule has 35 heavy (non-hydrogen) atoms. The summed E-state index contributed by atoms with van der Waals surface area (Å²) in [6, 6.07) is 12.4. The second-order valence-electron chi connectivity index (χ2n) is 9.13. The largest absolute Gasteiger partial charge is 0.462 e. The summed E-state index contributed by atoms with van der Waals surface area (Å²) in [6.45, 7) is 5.03. The van der Waals surface area contributed by atoms with Gasteiger partial charge in [-0.3, -0.25) is 4.79 Å². The van der Waals surface area contributed by atoms with E-state index in [0.717, 1.165) is 49.8 Å². The van der Waals surface area contributed by atoms with E-state index >= 15 is 0 Å². The van der Waals surface area contributed by atoms with Crippen molar-refractivity contribution in [3.8, 4) is 5.75 Å². The van der Waals surface area contributed by atoms with Crippen molar-refractivity contribution in [2.75, 3.05) is 24.7 Å². The van der Waals surface area contributed by atoms with Crippen LogP contribution in [0.1, 0.15) is 63.0 Å². The Hall–Kier alpha value is -3.32. The molecule has 2 aromatic rings. The van der Waals surface area contributed by atoms with Crippen molar-refractivity contribution in [1.29, 1.82) is 0 Å². The van der Waals surface area contributed by atoms with Gasteiger partial charge in [0, 0.05) is 30.0 Å². The Bertz CT molecular complexity index is 990. The molecule has 0 aliphatic heterocycles. The van der Waals surface area contributed by atoms with Crippen LogP contribution in [0.3, 0.4) is 0 Å². The Labute approximate surface area is 207 Å². The summed E-state index contributed by atoms with van der Waals surface area (Å²) >= 11 is 0. The molecule has 0 bridgehead atoms. The van der Waals surface area contributed by atoms with Crippen molar-refractivity contribution in [3.63, 3.8) is 0 Å². The lowest BCUT2D eigenvalue weighted by molar-refractivity contribution is -0.141. The maximum absolute atomic E-state index is 12.5. The fourth-order valence-corrected chi connectivity index (χ4v) is 4.10. The van der Waals surface area contributed by atoms with Crippen LogP contribution >= 0.6 is 0 Å². The van der Waals surface area contributed by atoms with Gasteiger partial charge in [0.15, 0.2) is 0 Å². The van der Waals surface area contributed by atoms with Crippen molar-refractivity contribution >= 4 is 29.4 Å². The van der Waals surface area contributed by atoms with Gasteiger partial charge in [-0.15, -0.1) is 0 Å². The van der Waals surface area contributed by atoms with Crippen LogP contribution in [0.4, 0.5) is 11.4 Å². The smallest absolute Gasteiger partial charge is 0.330 e. The molecule has 0 amide bonds. The Balaban J connectivity index is 1.42. The number of nitrogens with two attached hydrogens (primary N) is 2. The zero-order valence-electron chi connectivity index (χ0n) is 20.6. The Morgan fingerprint density at radius 1 is 1.03 bits per heavy atom. The second kappa shape index (κ2) is 13.0. The first-order valence-corrected chi connectivity index (χ1v) is 12.3. The van der Waals surface area contributed by atoms with E-state index < -0.39 is 5.97 Å². The van der Waals surface area contributed by atoms with Crippen LogP contribution in [0.15, 0.2) is 48.5 Å². The molecule has 1 fully saturated rings. The Morgan fingerprint density at radius 2 is 1.69 bits per heavy atom. The predicted molar refractivity (Wildman–Crippen MR) is 138 cm³/mol. The van der Waals surface area contributed by atoms with E-state index in [9.17, 15) is 9.59 Å². The average Bonchev–Trinajstić information content (AvgIpc) is 2.85. The van der Waals surface area contributed by atoms with Gasteiger partial charge in [-0.25, -0.2) is 4.79 Å². The molecule has 1 aliphatic carbocycles. The first-order valence-electron chi connectivity index (χ1n) is 12.3. The molecule has 2 aromatic carbocycles. The third-order valence-corrected chi connectivity index (χ3v) is 6.12. The Kier molecular flexibility index (Phi) is 9.73. The molecule has 1 aliphatic rings. The van der Waals surface area contributed by atoms with E-state index in [0.29, 0.717) is 17.1 Å². The lowest BCUT2D eigenvalue weighted by atomic mass is 9.87. The summed E-state index contributed by atoms with van der Waals surface area (Å²) in [6.07, 6.45) is 7.68. The first-order chi connectivity index (χ1) is 16.8. The van der Waals surface area contributed by atoms with Gasteiger partial charge in [0.1, 0.15) is 5.75 Å². The fraction of sp³-hybridized carbons (Fsp3) is 0.429. The van der Waals surface area contributed by atoms with Crippen LogP contribution in [0, 0.1) is 5.92 Å². The van der Waals surface area contributed by atoms with Gasteiger partial charge >= 0.3 is 11.9 Å². The molecule has 4 N–H and O–H groups in total. The second-order valence-corrected chi connectivity index (χ2v) is 9.13. The van der Waals surface area contributed by atoms with Gasteiger partial charge in [-0.1, -0.05) is 26.0 Å². The molecule has 0 saturated heterocycles. The van der Waals surface area contributed by atoms with E-state index in [2.05, 4.69) is 6.92 Å². The molecule has 3 rings (SSSR count). The zero-order chi connectivity index (χ0) is 25.2. The van der Waals surface area contributed by atoms with E-state index in [4.69, 9.17) is 25.7 Å². The van der Waals surface area contributed by atoms with Gasteiger partial charge in [-0.2, -0.15) is 0 Å². The maximum atomic E-state index is 12.5. The lowest BCUT2D eigenvalue weighted by Crippen LogP contribution is -2.29. The number of rotatable bonds is 10. The highest BCUT2D eigenvalue weighted by Gasteiger charge is 2.28. The van der Waals surface area contributed by atoms with Crippen LogP contribution in [-0.2, 0) is 19.1 Å². The zero-order valence-corrected chi connectivity index (χ0v) is 20.6.